The van der Waals surface area contributed by atoms with Crippen molar-refractivity contribution in [1.82, 2.24) is 20.6 Å². The topological polar surface area (TPSA) is 84.0 Å². The molecule has 142 valence electrons. The van der Waals surface area contributed by atoms with E-state index in [9.17, 15) is 9.59 Å². The molecule has 0 radical (unpaired) electrons. The standard InChI is InChI=1S/C21H19ClN4O2/c22-17-5-3-4-15(12-17)7-10-25-21(28)19-13-16(8-11-24-19)20(27)26-14-18-6-1-2-9-23-18/h1-6,8-9,11-13H,7,10,14H2,(H,25,28)(H,26,27). The Kier molecular flexibility index (Phi) is 6.70. The summed E-state index contributed by atoms with van der Waals surface area (Å²) in [6.07, 6.45) is 3.76. The van der Waals surface area contributed by atoms with Crippen LogP contribution in [0.4, 0.5) is 0 Å². The molecule has 0 aliphatic carbocycles. The number of nitrogens with one attached hydrogen (secondary N) is 2. The van der Waals surface area contributed by atoms with Gasteiger partial charge in [-0.15, -0.1) is 0 Å². The predicted octanol–water partition coefficient (Wildman–Crippen LogP) is 3.03. The van der Waals surface area contributed by atoms with Crippen LogP contribution < -0.4 is 10.6 Å². The molecule has 1 aromatic carbocycles. The van der Waals surface area contributed by atoms with Gasteiger partial charge in [0.25, 0.3) is 11.8 Å². The van der Waals surface area contributed by atoms with E-state index in [4.69, 9.17) is 11.6 Å². The molecule has 0 spiro atoms. The zero-order valence-electron chi connectivity index (χ0n) is 15.1. The Balaban J connectivity index is 1.54. The van der Waals surface area contributed by atoms with E-state index in [1.165, 1.54) is 12.3 Å². The van der Waals surface area contributed by atoms with Crippen LogP contribution in [0.5, 0.6) is 0 Å². The lowest BCUT2D eigenvalue weighted by molar-refractivity contribution is 0.0949. The molecule has 0 aliphatic rings. The zero-order valence-corrected chi connectivity index (χ0v) is 15.8. The fourth-order valence-corrected chi connectivity index (χ4v) is 2.79. The molecule has 7 heteroatoms. The third kappa shape index (κ3) is 5.62. The van der Waals surface area contributed by atoms with Gasteiger partial charge in [-0.25, -0.2) is 0 Å². The van der Waals surface area contributed by atoms with Gasteiger partial charge in [0.2, 0.25) is 0 Å². The van der Waals surface area contributed by atoms with Gasteiger partial charge in [-0.3, -0.25) is 19.6 Å². The Labute approximate surface area is 168 Å². The number of hydrogen-bond acceptors (Lipinski definition) is 4. The number of halogens is 1. The Morgan fingerprint density at radius 1 is 0.893 bits per heavy atom. The van der Waals surface area contributed by atoms with Crippen molar-refractivity contribution in [1.29, 1.82) is 0 Å². The molecule has 0 bridgehead atoms. The fourth-order valence-electron chi connectivity index (χ4n) is 2.57. The van der Waals surface area contributed by atoms with Gasteiger partial charge >= 0.3 is 0 Å². The maximum absolute atomic E-state index is 12.3. The van der Waals surface area contributed by atoms with Gasteiger partial charge in [-0.2, -0.15) is 0 Å². The second kappa shape index (κ2) is 9.62. The summed E-state index contributed by atoms with van der Waals surface area (Å²) in [4.78, 5) is 32.8. The van der Waals surface area contributed by atoms with Crippen molar-refractivity contribution in [2.75, 3.05) is 6.54 Å². The molecule has 6 nitrogen and oxygen atoms in total. The van der Waals surface area contributed by atoms with Crippen LogP contribution in [0.2, 0.25) is 5.02 Å². The molecule has 3 aromatic rings. The van der Waals surface area contributed by atoms with Crippen LogP contribution in [0.15, 0.2) is 67.0 Å². The number of hydrogen-bond donors (Lipinski definition) is 2. The molecule has 0 unspecified atom stereocenters. The predicted molar refractivity (Wildman–Crippen MR) is 107 cm³/mol. The minimum Gasteiger partial charge on any atom is -0.350 e. The van der Waals surface area contributed by atoms with Gasteiger partial charge in [0.15, 0.2) is 0 Å². The van der Waals surface area contributed by atoms with Crippen molar-refractivity contribution in [3.8, 4) is 0 Å². The number of rotatable bonds is 7. The minimum absolute atomic E-state index is 0.191. The number of amides is 2. The van der Waals surface area contributed by atoms with Crippen LogP contribution >= 0.6 is 11.6 Å². The van der Waals surface area contributed by atoms with Crippen molar-refractivity contribution >= 4 is 23.4 Å². The molecule has 2 aromatic heterocycles. The minimum atomic E-state index is -0.332. The van der Waals surface area contributed by atoms with E-state index in [1.54, 1.807) is 18.3 Å². The number of pyridine rings is 2. The summed E-state index contributed by atoms with van der Waals surface area (Å²) >= 11 is 5.95. The second-order valence-corrected chi connectivity index (χ2v) is 6.51. The third-order valence-corrected chi connectivity index (χ3v) is 4.23. The molecule has 0 atom stereocenters. The fraction of sp³-hybridized carbons (Fsp3) is 0.143. The van der Waals surface area contributed by atoms with E-state index in [2.05, 4.69) is 20.6 Å². The normalized spacial score (nSPS) is 10.3. The zero-order chi connectivity index (χ0) is 19.8. The number of nitrogens with zero attached hydrogens (tertiary/aromatic N) is 2. The summed E-state index contributed by atoms with van der Waals surface area (Å²) in [5.74, 6) is -0.623. The summed E-state index contributed by atoms with van der Waals surface area (Å²) in [7, 11) is 0. The van der Waals surface area contributed by atoms with Crippen LogP contribution in [0.3, 0.4) is 0 Å². The van der Waals surface area contributed by atoms with E-state index in [0.717, 1.165) is 11.3 Å². The molecule has 3 rings (SSSR count). The first-order chi connectivity index (χ1) is 13.6. The molecule has 0 aliphatic heterocycles. The lowest BCUT2D eigenvalue weighted by atomic mass is 10.1. The average Bonchev–Trinajstić information content (AvgIpc) is 2.73. The van der Waals surface area contributed by atoms with Crippen molar-refractivity contribution < 1.29 is 9.59 Å². The van der Waals surface area contributed by atoms with E-state index in [-0.39, 0.29) is 17.5 Å². The van der Waals surface area contributed by atoms with Crippen LogP contribution in [-0.2, 0) is 13.0 Å². The van der Waals surface area contributed by atoms with Crippen molar-refractivity contribution in [2.24, 2.45) is 0 Å². The molecule has 2 amide bonds. The number of benzene rings is 1. The first-order valence-electron chi connectivity index (χ1n) is 8.78. The smallest absolute Gasteiger partial charge is 0.269 e. The SMILES string of the molecule is O=C(NCc1ccccn1)c1ccnc(C(=O)NCCc2cccc(Cl)c2)c1. The van der Waals surface area contributed by atoms with E-state index in [0.29, 0.717) is 30.1 Å². The Hall–Kier alpha value is -3.25. The Morgan fingerprint density at radius 3 is 2.57 bits per heavy atom. The number of carbonyl (C=O) groups is 2. The summed E-state index contributed by atoms with van der Waals surface area (Å²) in [5, 5.41) is 6.24. The molecule has 0 saturated heterocycles. The van der Waals surface area contributed by atoms with Gasteiger partial charge in [-0.1, -0.05) is 29.8 Å². The van der Waals surface area contributed by atoms with Crippen LogP contribution in [-0.4, -0.2) is 28.3 Å². The highest BCUT2D eigenvalue weighted by molar-refractivity contribution is 6.30. The van der Waals surface area contributed by atoms with Crippen molar-refractivity contribution in [3.63, 3.8) is 0 Å². The average molecular weight is 395 g/mol. The lowest BCUT2D eigenvalue weighted by Crippen LogP contribution is -2.28. The van der Waals surface area contributed by atoms with E-state index < -0.39 is 0 Å². The first-order valence-corrected chi connectivity index (χ1v) is 9.16. The molecular formula is C21H19ClN4O2. The molecule has 2 N–H and O–H groups in total. The van der Waals surface area contributed by atoms with Crippen molar-refractivity contribution in [2.45, 2.75) is 13.0 Å². The monoisotopic (exact) mass is 394 g/mol. The van der Waals surface area contributed by atoms with Crippen molar-refractivity contribution in [3.05, 3.63) is 94.5 Å². The summed E-state index contributed by atoms with van der Waals surface area (Å²) < 4.78 is 0. The highest BCUT2D eigenvalue weighted by atomic mass is 35.5. The van der Waals surface area contributed by atoms with Crippen LogP contribution in [0, 0.1) is 0 Å². The van der Waals surface area contributed by atoms with Gasteiger partial charge in [0, 0.05) is 29.5 Å². The van der Waals surface area contributed by atoms with Gasteiger partial charge in [-0.05, 0) is 48.4 Å². The summed E-state index contributed by atoms with van der Waals surface area (Å²) in [6, 6.07) is 16.0. The molecule has 0 saturated carbocycles. The molecule has 28 heavy (non-hydrogen) atoms. The van der Waals surface area contributed by atoms with E-state index >= 15 is 0 Å². The Morgan fingerprint density at radius 2 is 1.79 bits per heavy atom. The van der Waals surface area contributed by atoms with Crippen LogP contribution in [0.1, 0.15) is 32.1 Å². The maximum atomic E-state index is 12.3. The molecule has 2 heterocycles. The Bertz CT molecular complexity index is 963. The molecular weight excluding hydrogens is 376 g/mol. The summed E-state index contributed by atoms with van der Waals surface area (Å²) in [6.45, 7) is 0.750. The lowest BCUT2D eigenvalue weighted by Gasteiger charge is -2.08. The first kappa shape index (κ1) is 19.5. The van der Waals surface area contributed by atoms with Gasteiger partial charge in [0.05, 0.1) is 12.2 Å². The number of carbonyl (C=O) groups excluding carboxylic acids is 2. The van der Waals surface area contributed by atoms with Gasteiger partial charge < -0.3 is 10.6 Å². The third-order valence-electron chi connectivity index (χ3n) is 4.00. The highest BCUT2D eigenvalue weighted by Crippen LogP contribution is 2.10. The molecule has 0 fully saturated rings. The van der Waals surface area contributed by atoms with Gasteiger partial charge in [0.1, 0.15) is 5.69 Å². The number of aromatic nitrogens is 2. The maximum Gasteiger partial charge on any atom is 0.269 e. The van der Waals surface area contributed by atoms with E-state index in [1.807, 2.05) is 36.4 Å². The quantitative estimate of drug-likeness (QED) is 0.645. The second-order valence-electron chi connectivity index (χ2n) is 6.07. The summed E-state index contributed by atoms with van der Waals surface area (Å²) in [5.41, 5.74) is 2.34. The largest absolute Gasteiger partial charge is 0.350 e. The van der Waals surface area contributed by atoms with Crippen LogP contribution in [0.25, 0.3) is 0 Å². The highest BCUT2D eigenvalue weighted by Gasteiger charge is 2.12.